The third kappa shape index (κ3) is 39.9. The molecule has 0 aliphatic heterocycles. The molecule has 0 radical (unpaired) electrons. The second kappa shape index (κ2) is 43.3. The highest BCUT2D eigenvalue weighted by Gasteiger charge is 2.17. The van der Waals surface area contributed by atoms with Crippen molar-refractivity contribution < 1.29 is 15.0 Å². The molecule has 0 aliphatic carbocycles. The van der Waals surface area contributed by atoms with Crippen molar-refractivity contribution in [3.05, 3.63) is 24.3 Å². The molecule has 51 heavy (non-hydrogen) atoms. The number of carbonyl (C=O) groups excluding carboxylic acids is 1. The fourth-order valence-corrected chi connectivity index (χ4v) is 7.11. The zero-order valence-electron chi connectivity index (χ0n) is 34.6. The van der Waals surface area contributed by atoms with Crippen LogP contribution in [0.3, 0.4) is 0 Å². The Morgan fingerprint density at radius 1 is 0.451 bits per heavy atom. The number of hydrogen-bond acceptors (Lipinski definition) is 3. The Balaban J connectivity index is 3.49. The average molecular weight is 718 g/mol. The summed E-state index contributed by atoms with van der Waals surface area (Å²) in [7, 11) is 0. The van der Waals surface area contributed by atoms with Gasteiger partial charge in [0.05, 0.1) is 18.8 Å². The van der Waals surface area contributed by atoms with Crippen LogP contribution in [0.2, 0.25) is 0 Å². The van der Waals surface area contributed by atoms with Crippen LogP contribution in [0.4, 0.5) is 0 Å². The van der Waals surface area contributed by atoms with E-state index < -0.39 is 12.1 Å². The summed E-state index contributed by atoms with van der Waals surface area (Å²) in [5.41, 5.74) is 0. The van der Waals surface area contributed by atoms with Gasteiger partial charge in [-0.15, -0.1) is 0 Å². The van der Waals surface area contributed by atoms with Crippen molar-refractivity contribution in [1.82, 2.24) is 5.32 Å². The van der Waals surface area contributed by atoms with Crippen LogP contribution in [0.15, 0.2) is 24.3 Å². The second-order valence-corrected chi connectivity index (χ2v) is 15.8. The number of carbonyl (C=O) groups is 1. The molecule has 0 spiro atoms. The summed E-state index contributed by atoms with van der Waals surface area (Å²) in [5, 5.41) is 23.0. The molecule has 0 aliphatic rings. The minimum atomic E-state index is -0.836. The molecule has 4 heteroatoms. The first kappa shape index (κ1) is 49.9. The van der Waals surface area contributed by atoms with Gasteiger partial charge in [0.1, 0.15) is 0 Å². The van der Waals surface area contributed by atoms with Crippen LogP contribution >= 0.6 is 0 Å². The Morgan fingerprint density at radius 2 is 0.745 bits per heavy atom. The molecular weight excluding hydrogens is 627 g/mol. The molecule has 1 amide bonds. The highest BCUT2D eigenvalue weighted by Crippen LogP contribution is 2.15. The number of allylic oxidation sites excluding steroid dienone is 3. The van der Waals surface area contributed by atoms with E-state index in [0.717, 1.165) is 25.7 Å². The third-order valence-corrected chi connectivity index (χ3v) is 10.7. The van der Waals surface area contributed by atoms with Crippen LogP contribution in [0.25, 0.3) is 0 Å². The molecule has 0 heterocycles. The van der Waals surface area contributed by atoms with Crippen molar-refractivity contribution in [2.45, 2.75) is 264 Å². The van der Waals surface area contributed by atoms with Crippen molar-refractivity contribution in [1.29, 1.82) is 0 Å². The minimum Gasteiger partial charge on any atom is -0.394 e. The molecule has 0 bridgehead atoms. The molecule has 0 aromatic carbocycles. The van der Waals surface area contributed by atoms with E-state index in [1.807, 2.05) is 6.08 Å². The smallest absolute Gasteiger partial charge is 0.220 e. The maximum Gasteiger partial charge on any atom is 0.220 e. The lowest BCUT2D eigenvalue weighted by atomic mass is 10.0. The van der Waals surface area contributed by atoms with Gasteiger partial charge in [-0.25, -0.2) is 0 Å². The first-order valence-corrected chi connectivity index (χ1v) is 23.1. The zero-order chi connectivity index (χ0) is 37.1. The molecule has 0 aromatic rings. The standard InChI is InChI=1S/C47H91NO3/c1-3-5-7-9-11-13-15-17-18-19-20-21-22-23-24-25-26-27-28-29-31-33-35-37-39-41-43-47(51)48-45(44-49)46(50)42-40-38-36-34-32-30-16-14-12-10-8-6-4-2/h23-24,40,42,45-46,49-50H,3-22,25-39,41,43-44H2,1-2H3,(H,48,51)/b24-23-,42-40+. The number of aliphatic hydroxyl groups is 2. The van der Waals surface area contributed by atoms with E-state index in [0.29, 0.717) is 6.42 Å². The van der Waals surface area contributed by atoms with E-state index in [4.69, 9.17) is 0 Å². The molecule has 4 nitrogen and oxygen atoms in total. The van der Waals surface area contributed by atoms with Gasteiger partial charge in [-0.1, -0.05) is 224 Å². The Bertz CT molecular complexity index is 735. The van der Waals surface area contributed by atoms with Gasteiger partial charge in [0.15, 0.2) is 0 Å². The van der Waals surface area contributed by atoms with E-state index in [2.05, 4.69) is 31.3 Å². The number of hydrogen-bond donors (Lipinski definition) is 3. The van der Waals surface area contributed by atoms with Gasteiger partial charge >= 0.3 is 0 Å². The van der Waals surface area contributed by atoms with Gasteiger partial charge in [-0.05, 0) is 44.9 Å². The fraction of sp³-hybridized carbons (Fsp3) is 0.894. The molecular formula is C47H91NO3. The lowest BCUT2D eigenvalue weighted by Gasteiger charge is -2.20. The van der Waals surface area contributed by atoms with Crippen LogP contribution in [-0.2, 0) is 4.79 Å². The monoisotopic (exact) mass is 718 g/mol. The summed E-state index contributed by atoms with van der Waals surface area (Å²) in [5.74, 6) is -0.0638. The summed E-state index contributed by atoms with van der Waals surface area (Å²) in [6.07, 6.45) is 55.8. The Morgan fingerprint density at radius 3 is 1.08 bits per heavy atom. The lowest BCUT2D eigenvalue weighted by molar-refractivity contribution is -0.123. The maximum absolute atomic E-state index is 12.4. The number of unbranched alkanes of at least 4 members (excludes halogenated alkanes) is 33. The van der Waals surface area contributed by atoms with Gasteiger partial charge in [-0.2, -0.15) is 0 Å². The molecule has 0 aromatic heterocycles. The van der Waals surface area contributed by atoms with E-state index >= 15 is 0 Å². The predicted octanol–water partition coefficient (Wildman–Crippen LogP) is 14.4. The summed E-state index contributed by atoms with van der Waals surface area (Å²) in [4.78, 5) is 12.4. The number of amides is 1. The number of rotatable bonds is 42. The van der Waals surface area contributed by atoms with Crippen LogP contribution in [0, 0.1) is 0 Å². The van der Waals surface area contributed by atoms with Crippen molar-refractivity contribution in [2.24, 2.45) is 0 Å². The fourth-order valence-electron chi connectivity index (χ4n) is 7.11. The number of aliphatic hydroxyl groups excluding tert-OH is 2. The molecule has 0 fully saturated rings. The highest BCUT2D eigenvalue weighted by molar-refractivity contribution is 5.76. The van der Waals surface area contributed by atoms with E-state index in [1.54, 1.807) is 6.08 Å². The molecule has 2 unspecified atom stereocenters. The van der Waals surface area contributed by atoms with Crippen LogP contribution in [0.1, 0.15) is 251 Å². The minimum absolute atomic E-state index is 0.0638. The van der Waals surface area contributed by atoms with Gasteiger partial charge in [0.25, 0.3) is 0 Å². The lowest BCUT2D eigenvalue weighted by Crippen LogP contribution is -2.45. The van der Waals surface area contributed by atoms with Gasteiger partial charge in [-0.3, -0.25) is 4.79 Å². The van der Waals surface area contributed by atoms with Gasteiger partial charge < -0.3 is 15.5 Å². The maximum atomic E-state index is 12.4. The van der Waals surface area contributed by atoms with E-state index in [-0.39, 0.29) is 12.5 Å². The van der Waals surface area contributed by atoms with Crippen molar-refractivity contribution in [3.63, 3.8) is 0 Å². The van der Waals surface area contributed by atoms with Gasteiger partial charge in [0.2, 0.25) is 5.91 Å². The largest absolute Gasteiger partial charge is 0.394 e. The summed E-state index contributed by atoms with van der Waals surface area (Å²) >= 11 is 0. The quantitative estimate of drug-likeness (QED) is 0.0435. The first-order chi connectivity index (χ1) is 25.2. The third-order valence-electron chi connectivity index (χ3n) is 10.7. The van der Waals surface area contributed by atoms with Gasteiger partial charge in [0, 0.05) is 6.42 Å². The Hall–Kier alpha value is -1.13. The average Bonchev–Trinajstić information content (AvgIpc) is 3.13. The van der Waals surface area contributed by atoms with E-state index in [1.165, 1.54) is 205 Å². The Labute approximate surface area is 319 Å². The van der Waals surface area contributed by atoms with Crippen molar-refractivity contribution in [3.8, 4) is 0 Å². The number of nitrogens with one attached hydrogen (secondary N) is 1. The summed E-state index contributed by atoms with van der Waals surface area (Å²) < 4.78 is 0. The predicted molar refractivity (Wildman–Crippen MR) is 225 cm³/mol. The SMILES string of the molecule is CCCCCCCCCCCCC/C=C/C(O)C(CO)NC(=O)CCCCCCCCCCCC/C=C\CCCCCCCCCCCCCC. The zero-order valence-corrected chi connectivity index (χ0v) is 34.6. The van der Waals surface area contributed by atoms with Crippen LogP contribution in [0.5, 0.6) is 0 Å². The van der Waals surface area contributed by atoms with Crippen LogP contribution in [-0.4, -0.2) is 34.9 Å². The molecule has 2 atom stereocenters. The molecule has 0 saturated heterocycles. The van der Waals surface area contributed by atoms with Crippen molar-refractivity contribution in [2.75, 3.05) is 6.61 Å². The second-order valence-electron chi connectivity index (χ2n) is 15.8. The normalized spacial score (nSPS) is 13.1. The first-order valence-electron chi connectivity index (χ1n) is 23.1. The molecule has 0 rings (SSSR count). The van der Waals surface area contributed by atoms with Crippen LogP contribution < -0.4 is 5.32 Å². The molecule has 302 valence electrons. The molecule has 0 saturated carbocycles. The summed E-state index contributed by atoms with van der Waals surface area (Å²) in [6, 6.07) is -0.619. The van der Waals surface area contributed by atoms with Crippen molar-refractivity contribution >= 4 is 5.91 Å². The van der Waals surface area contributed by atoms with E-state index in [9.17, 15) is 15.0 Å². The molecule has 3 N–H and O–H groups in total. The highest BCUT2D eigenvalue weighted by atomic mass is 16.3. The summed E-state index contributed by atoms with van der Waals surface area (Å²) in [6.45, 7) is 4.32. The topological polar surface area (TPSA) is 69.6 Å². The Kier molecular flexibility index (Phi) is 42.3.